The van der Waals surface area contributed by atoms with E-state index in [2.05, 4.69) is 30.6 Å². The number of amides is 2. The fourth-order valence-electron chi connectivity index (χ4n) is 3.51. The second-order valence-electron chi connectivity index (χ2n) is 7.35. The first-order valence-electron chi connectivity index (χ1n) is 10.2. The van der Waals surface area contributed by atoms with E-state index in [1.165, 1.54) is 0 Å². The van der Waals surface area contributed by atoms with Crippen LogP contribution in [0, 0.1) is 0 Å². The van der Waals surface area contributed by atoms with Crippen LogP contribution in [0.4, 0.5) is 0 Å². The zero-order chi connectivity index (χ0) is 21.9. The largest absolute Gasteiger partial charge is 0.345 e. The summed E-state index contributed by atoms with van der Waals surface area (Å²) in [5.41, 5.74) is 4.33. The number of hydrogen-bond acceptors (Lipinski definition) is 4. The number of fused-ring (bicyclic) bond motifs is 2. The number of imidazole rings is 2. The molecule has 0 atom stereocenters. The lowest BCUT2D eigenvalue weighted by molar-refractivity contribution is 0.0949. The molecule has 0 bridgehead atoms. The SMILES string of the molecule is O=C(NCc1nc2ccccc2[nH]1)c1cccc(C(=O)NCc2nc3ccccc3[nH]2)c1. The molecule has 5 rings (SSSR count). The number of hydrogen-bond donors (Lipinski definition) is 4. The van der Waals surface area contributed by atoms with Crippen molar-refractivity contribution in [1.29, 1.82) is 0 Å². The number of carbonyl (C=O) groups excluding carboxylic acids is 2. The fraction of sp³-hybridized carbons (Fsp3) is 0.0833. The molecule has 0 saturated heterocycles. The third-order valence-corrected chi connectivity index (χ3v) is 5.10. The Labute approximate surface area is 183 Å². The predicted molar refractivity (Wildman–Crippen MR) is 121 cm³/mol. The normalized spacial score (nSPS) is 11.0. The van der Waals surface area contributed by atoms with Gasteiger partial charge in [0.1, 0.15) is 11.6 Å². The van der Waals surface area contributed by atoms with Crippen molar-refractivity contribution in [1.82, 2.24) is 30.6 Å². The van der Waals surface area contributed by atoms with E-state index in [-0.39, 0.29) is 24.9 Å². The van der Waals surface area contributed by atoms with Crippen LogP contribution in [0.15, 0.2) is 72.8 Å². The summed E-state index contributed by atoms with van der Waals surface area (Å²) in [7, 11) is 0. The van der Waals surface area contributed by atoms with Crippen LogP contribution in [0.2, 0.25) is 0 Å². The molecular formula is C24H20N6O2. The van der Waals surface area contributed by atoms with Crippen molar-refractivity contribution < 1.29 is 9.59 Å². The van der Waals surface area contributed by atoms with E-state index in [1.54, 1.807) is 24.3 Å². The Morgan fingerprint density at radius 1 is 0.656 bits per heavy atom. The molecule has 2 aromatic heterocycles. The van der Waals surface area contributed by atoms with Gasteiger partial charge in [-0.05, 0) is 42.5 Å². The summed E-state index contributed by atoms with van der Waals surface area (Å²) in [4.78, 5) is 40.4. The van der Waals surface area contributed by atoms with Crippen molar-refractivity contribution in [3.63, 3.8) is 0 Å². The molecule has 8 heteroatoms. The first kappa shape index (κ1) is 19.5. The van der Waals surface area contributed by atoms with Crippen molar-refractivity contribution in [2.24, 2.45) is 0 Å². The van der Waals surface area contributed by atoms with Crippen molar-refractivity contribution in [2.75, 3.05) is 0 Å². The number of carbonyl (C=O) groups is 2. The monoisotopic (exact) mass is 424 g/mol. The molecule has 8 nitrogen and oxygen atoms in total. The molecular weight excluding hydrogens is 404 g/mol. The number of nitrogens with one attached hydrogen (secondary N) is 4. The average molecular weight is 424 g/mol. The molecule has 158 valence electrons. The van der Waals surface area contributed by atoms with Gasteiger partial charge in [0.2, 0.25) is 0 Å². The number of aromatic amines is 2. The minimum Gasteiger partial charge on any atom is -0.345 e. The molecule has 2 amide bonds. The standard InChI is InChI=1S/C24H20N6O2/c31-23(25-13-21-27-17-8-1-2-9-18(17)28-21)15-6-5-7-16(12-15)24(32)26-14-22-29-19-10-3-4-11-20(19)30-22/h1-12H,13-14H2,(H,25,31)(H,26,32)(H,27,28)(H,29,30). The number of rotatable bonds is 6. The minimum atomic E-state index is -0.280. The van der Waals surface area contributed by atoms with Crippen LogP contribution in [0.5, 0.6) is 0 Å². The maximum Gasteiger partial charge on any atom is 0.251 e. The highest BCUT2D eigenvalue weighted by Crippen LogP contribution is 2.12. The lowest BCUT2D eigenvalue weighted by atomic mass is 10.1. The summed E-state index contributed by atoms with van der Waals surface area (Å²) in [5, 5.41) is 5.67. The van der Waals surface area contributed by atoms with Crippen LogP contribution in [-0.2, 0) is 13.1 Å². The molecule has 0 spiro atoms. The molecule has 0 unspecified atom stereocenters. The molecule has 3 aromatic carbocycles. The van der Waals surface area contributed by atoms with E-state index in [0.29, 0.717) is 22.8 Å². The Bertz CT molecular complexity index is 1260. The summed E-state index contributed by atoms with van der Waals surface area (Å²) in [6.07, 6.45) is 0. The van der Waals surface area contributed by atoms with Gasteiger partial charge in [-0.3, -0.25) is 9.59 Å². The molecule has 0 aliphatic carbocycles. The fourth-order valence-corrected chi connectivity index (χ4v) is 3.51. The number of nitrogens with zero attached hydrogens (tertiary/aromatic N) is 2. The van der Waals surface area contributed by atoms with Crippen molar-refractivity contribution >= 4 is 33.9 Å². The van der Waals surface area contributed by atoms with Gasteiger partial charge in [-0.1, -0.05) is 30.3 Å². The number of H-pyrrole nitrogens is 2. The van der Waals surface area contributed by atoms with Crippen molar-refractivity contribution in [3.8, 4) is 0 Å². The van der Waals surface area contributed by atoms with Gasteiger partial charge in [0.25, 0.3) is 11.8 Å². The van der Waals surface area contributed by atoms with Crippen LogP contribution in [0.25, 0.3) is 22.1 Å². The molecule has 32 heavy (non-hydrogen) atoms. The molecule has 0 saturated carbocycles. The number of aromatic nitrogens is 4. The smallest absolute Gasteiger partial charge is 0.251 e. The Kier molecular flexibility index (Phi) is 5.09. The highest BCUT2D eigenvalue weighted by Gasteiger charge is 2.12. The Balaban J connectivity index is 1.21. The van der Waals surface area contributed by atoms with E-state index in [9.17, 15) is 9.59 Å². The first-order valence-corrected chi connectivity index (χ1v) is 10.2. The molecule has 0 aliphatic heterocycles. The van der Waals surface area contributed by atoms with E-state index in [4.69, 9.17) is 0 Å². The van der Waals surface area contributed by atoms with Gasteiger partial charge in [0.15, 0.2) is 0 Å². The molecule has 2 heterocycles. The van der Waals surface area contributed by atoms with Crippen LogP contribution in [-0.4, -0.2) is 31.8 Å². The summed E-state index contributed by atoms with van der Waals surface area (Å²) in [5.74, 6) is 0.772. The van der Waals surface area contributed by atoms with Gasteiger partial charge in [-0.25, -0.2) is 9.97 Å². The zero-order valence-electron chi connectivity index (χ0n) is 17.1. The minimum absolute atomic E-state index is 0.260. The van der Waals surface area contributed by atoms with Gasteiger partial charge < -0.3 is 20.6 Å². The average Bonchev–Trinajstić information content (AvgIpc) is 3.44. The van der Waals surface area contributed by atoms with E-state index >= 15 is 0 Å². The van der Waals surface area contributed by atoms with Gasteiger partial charge >= 0.3 is 0 Å². The second-order valence-corrected chi connectivity index (χ2v) is 7.35. The van der Waals surface area contributed by atoms with Crippen LogP contribution < -0.4 is 10.6 Å². The van der Waals surface area contributed by atoms with E-state index in [1.807, 2.05) is 48.5 Å². The maximum atomic E-state index is 12.6. The quantitative estimate of drug-likeness (QED) is 0.335. The second kappa shape index (κ2) is 8.35. The molecule has 0 radical (unpaired) electrons. The van der Waals surface area contributed by atoms with Crippen molar-refractivity contribution in [3.05, 3.63) is 95.6 Å². The first-order chi connectivity index (χ1) is 15.7. The zero-order valence-corrected chi connectivity index (χ0v) is 17.1. The number of para-hydroxylation sites is 4. The molecule has 0 aliphatic rings. The van der Waals surface area contributed by atoms with Gasteiger partial charge in [-0.15, -0.1) is 0 Å². The maximum absolute atomic E-state index is 12.6. The van der Waals surface area contributed by atoms with Crippen molar-refractivity contribution in [2.45, 2.75) is 13.1 Å². The lowest BCUT2D eigenvalue weighted by Crippen LogP contribution is -2.26. The van der Waals surface area contributed by atoms with Gasteiger partial charge in [-0.2, -0.15) is 0 Å². The van der Waals surface area contributed by atoms with Gasteiger partial charge in [0, 0.05) is 11.1 Å². The lowest BCUT2D eigenvalue weighted by Gasteiger charge is -2.07. The summed E-state index contributed by atoms with van der Waals surface area (Å²) in [6, 6.07) is 22.0. The highest BCUT2D eigenvalue weighted by molar-refractivity contribution is 5.99. The third-order valence-electron chi connectivity index (χ3n) is 5.10. The van der Waals surface area contributed by atoms with Gasteiger partial charge in [0.05, 0.1) is 35.2 Å². The highest BCUT2D eigenvalue weighted by atomic mass is 16.2. The molecule has 5 aromatic rings. The summed E-state index contributed by atoms with van der Waals surface area (Å²) in [6.45, 7) is 0.520. The topological polar surface area (TPSA) is 116 Å². The van der Waals surface area contributed by atoms with Crippen LogP contribution in [0.3, 0.4) is 0 Å². The molecule has 4 N–H and O–H groups in total. The number of benzene rings is 3. The summed E-state index contributed by atoms with van der Waals surface area (Å²) < 4.78 is 0. The Morgan fingerprint density at radius 3 is 1.59 bits per heavy atom. The Morgan fingerprint density at radius 2 is 1.12 bits per heavy atom. The predicted octanol–water partition coefficient (Wildman–Crippen LogP) is 3.30. The van der Waals surface area contributed by atoms with E-state index in [0.717, 1.165) is 22.1 Å². The van der Waals surface area contributed by atoms with E-state index < -0.39 is 0 Å². The molecule has 0 fully saturated rings. The van der Waals surface area contributed by atoms with Crippen LogP contribution >= 0.6 is 0 Å². The Hall–Kier alpha value is -4.46. The van der Waals surface area contributed by atoms with Crippen LogP contribution in [0.1, 0.15) is 32.4 Å². The third kappa shape index (κ3) is 4.06. The summed E-state index contributed by atoms with van der Waals surface area (Å²) >= 11 is 0.